The Bertz CT molecular complexity index is 852. The van der Waals surface area contributed by atoms with E-state index < -0.39 is 0 Å². The Morgan fingerprint density at radius 1 is 1.24 bits per heavy atom. The second-order valence-electron chi connectivity index (χ2n) is 6.00. The van der Waals surface area contributed by atoms with Crippen molar-refractivity contribution in [2.45, 2.75) is 19.4 Å². The standard InChI is InChI=1S/C18H19N5OS/c24-17(14-5-3-6-16(11-14)23-10-4-7-20-23)19-12-15-13-25-18(21-15)22-8-1-2-9-22/h3-7,10-11,13H,1-2,8-9,12H2,(H,19,24). The molecule has 0 saturated carbocycles. The van der Waals surface area contributed by atoms with Crippen LogP contribution in [0.15, 0.2) is 48.1 Å². The Balaban J connectivity index is 1.40. The molecule has 1 aliphatic heterocycles. The van der Waals surface area contributed by atoms with Gasteiger partial charge in [0.25, 0.3) is 5.91 Å². The van der Waals surface area contributed by atoms with Gasteiger partial charge < -0.3 is 10.2 Å². The van der Waals surface area contributed by atoms with Crippen molar-refractivity contribution in [3.63, 3.8) is 0 Å². The highest BCUT2D eigenvalue weighted by molar-refractivity contribution is 7.13. The fourth-order valence-electron chi connectivity index (χ4n) is 2.92. The number of nitrogens with one attached hydrogen (secondary N) is 1. The van der Waals surface area contributed by atoms with Gasteiger partial charge in [-0.2, -0.15) is 5.10 Å². The molecule has 0 atom stereocenters. The van der Waals surface area contributed by atoms with Crippen LogP contribution in [0.2, 0.25) is 0 Å². The first kappa shape index (κ1) is 15.8. The van der Waals surface area contributed by atoms with Crippen LogP contribution in [-0.4, -0.2) is 33.8 Å². The van der Waals surface area contributed by atoms with Crippen LogP contribution < -0.4 is 10.2 Å². The normalized spacial score (nSPS) is 14.0. The van der Waals surface area contributed by atoms with Crippen molar-refractivity contribution in [2.24, 2.45) is 0 Å². The number of hydrogen-bond donors (Lipinski definition) is 1. The van der Waals surface area contributed by atoms with E-state index in [1.165, 1.54) is 12.8 Å². The predicted octanol–water partition coefficient (Wildman–Crippen LogP) is 2.86. The first-order valence-corrected chi connectivity index (χ1v) is 9.25. The third-order valence-corrected chi connectivity index (χ3v) is 5.17. The Kier molecular flexibility index (Phi) is 4.47. The van der Waals surface area contributed by atoms with Gasteiger partial charge in [0, 0.05) is 36.4 Å². The number of rotatable bonds is 5. The predicted molar refractivity (Wildman–Crippen MR) is 98.3 cm³/mol. The molecule has 1 aromatic carbocycles. The fourth-order valence-corrected chi connectivity index (χ4v) is 3.79. The van der Waals surface area contributed by atoms with E-state index in [1.54, 1.807) is 28.3 Å². The number of benzene rings is 1. The molecule has 1 N–H and O–H groups in total. The van der Waals surface area contributed by atoms with E-state index in [9.17, 15) is 4.79 Å². The summed E-state index contributed by atoms with van der Waals surface area (Å²) in [4.78, 5) is 19.4. The Morgan fingerprint density at radius 3 is 2.92 bits per heavy atom. The second kappa shape index (κ2) is 7.06. The van der Waals surface area contributed by atoms with Crippen LogP contribution in [0.25, 0.3) is 5.69 Å². The summed E-state index contributed by atoms with van der Waals surface area (Å²) < 4.78 is 1.74. The van der Waals surface area contributed by atoms with Crippen LogP contribution in [0, 0.1) is 0 Å². The molecule has 25 heavy (non-hydrogen) atoms. The number of thiazole rings is 1. The average molecular weight is 353 g/mol. The molecule has 0 bridgehead atoms. The van der Waals surface area contributed by atoms with Crippen LogP contribution in [-0.2, 0) is 6.54 Å². The van der Waals surface area contributed by atoms with Crippen molar-refractivity contribution in [3.05, 3.63) is 59.4 Å². The van der Waals surface area contributed by atoms with Gasteiger partial charge in [-0.05, 0) is 37.1 Å². The zero-order valence-corrected chi connectivity index (χ0v) is 14.6. The molecule has 6 nitrogen and oxygen atoms in total. The molecule has 7 heteroatoms. The molecule has 1 aliphatic rings. The number of amides is 1. The van der Waals surface area contributed by atoms with E-state index in [2.05, 4.69) is 20.3 Å². The highest BCUT2D eigenvalue weighted by atomic mass is 32.1. The van der Waals surface area contributed by atoms with Gasteiger partial charge in [-0.3, -0.25) is 4.79 Å². The number of nitrogens with zero attached hydrogens (tertiary/aromatic N) is 4. The Labute approximate surface area is 150 Å². The quantitative estimate of drug-likeness (QED) is 0.766. The molecule has 1 saturated heterocycles. The monoisotopic (exact) mass is 353 g/mol. The molecule has 0 aliphatic carbocycles. The smallest absolute Gasteiger partial charge is 0.251 e. The Hall–Kier alpha value is -2.67. The van der Waals surface area contributed by atoms with Gasteiger partial charge in [0.05, 0.1) is 17.9 Å². The van der Waals surface area contributed by atoms with Crippen LogP contribution in [0.5, 0.6) is 0 Å². The third kappa shape index (κ3) is 3.56. The average Bonchev–Trinajstić information content (AvgIpc) is 3.42. The minimum atomic E-state index is -0.107. The van der Waals surface area contributed by atoms with Crippen molar-refractivity contribution in [2.75, 3.05) is 18.0 Å². The topological polar surface area (TPSA) is 63.1 Å². The minimum absolute atomic E-state index is 0.107. The number of carbonyl (C=O) groups excluding carboxylic acids is 1. The van der Waals surface area contributed by atoms with Crippen molar-refractivity contribution in [1.82, 2.24) is 20.1 Å². The molecule has 3 aromatic rings. The van der Waals surface area contributed by atoms with Crippen molar-refractivity contribution in [1.29, 1.82) is 0 Å². The number of carbonyl (C=O) groups is 1. The second-order valence-corrected chi connectivity index (χ2v) is 6.84. The van der Waals surface area contributed by atoms with Gasteiger partial charge >= 0.3 is 0 Å². The molecule has 0 spiro atoms. The van der Waals surface area contributed by atoms with Gasteiger partial charge in [0.1, 0.15) is 0 Å². The molecule has 2 aromatic heterocycles. The molecule has 0 unspecified atom stereocenters. The number of aromatic nitrogens is 3. The minimum Gasteiger partial charge on any atom is -0.348 e. The highest BCUT2D eigenvalue weighted by Gasteiger charge is 2.16. The van der Waals surface area contributed by atoms with E-state index >= 15 is 0 Å². The van der Waals surface area contributed by atoms with Gasteiger partial charge in [0.2, 0.25) is 0 Å². The summed E-state index contributed by atoms with van der Waals surface area (Å²) in [5.74, 6) is -0.107. The summed E-state index contributed by atoms with van der Waals surface area (Å²) in [6.45, 7) is 2.61. The van der Waals surface area contributed by atoms with Crippen molar-refractivity contribution in [3.8, 4) is 5.69 Å². The first-order chi connectivity index (χ1) is 12.3. The van der Waals surface area contributed by atoms with Gasteiger partial charge in [-0.25, -0.2) is 9.67 Å². The van der Waals surface area contributed by atoms with Crippen molar-refractivity contribution < 1.29 is 4.79 Å². The Morgan fingerprint density at radius 2 is 2.12 bits per heavy atom. The van der Waals surface area contributed by atoms with E-state index in [0.29, 0.717) is 12.1 Å². The number of hydrogen-bond acceptors (Lipinski definition) is 5. The molecule has 0 radical (unpaired) electrons. The van der Waals surface area contributed by atoms with E-state index in [4.69, 9.17) is 0 Å². The maximum atomic E-state index is 12.4. The van der Waals surface area contributed by atoms with E-state index in [1.807, 2.05) is 35.8 Å². The first-order valence-electron chi connectivity index (χ1n) is 8.37. The van der Waals surface area contributed by atoms with Crippen molar-refractivity contribution >= 4 is 22.4 Å². The largest absolute Gasteiger partial charge is 0.348 e. The van der Waals surface area contributed by atoms with Gasteiger partial charge in [-0.15, -0.1) is 11.3 Å². The summed E-state index contributed by atoms with van der Waals surface area (Å²) in [5, 5.41) is 10.2. The van der Waals surface area contributed by atoms with E-state index in [0.717, 1.165) is 29.6 Å². The lowest BCUT2D eigenvalue weighted by atomic mass is 10.2. The lowest BCUT2D eigenvalue weighted by Crippen LogP contribution is -2.23. The summed E-state index contributed by atoms with van der Waals surface area (Å²) in [7, 11) is 0. The molecule has 1 fully saturated rings. The zero-order valence-electron chi connectivity index (χ0n) is 13.8. The SMILES string of the molecule is O=C(NCc1csc(N2CCCC2)n1)c1cccc(-n2cccn2)c1. The lowest BCUT2D eigenvalue weighted by Gasteiger charge is -2.12. The highest BCUT2D eigenvalue weighted by Crippen LogP contribution is 2.24. The van der Waals surface area contributed by atoms with Gasteiger partial charge in [0.15, 0.2) is 5.13 Å². The van der Waals surface area contributed by atoms with Crippen LogP contribution in [0.1, 0.15) is 28.9 Å². The maximum absolute atomic E-state index is 12.4. The lowest BCUT2D eigenvalue weighted by molar-refractivity contribution is 0.0950. The summed E-state index contributed by atoms with van der Waals surface area (Å²) in [5.41, 5.74) is 2.38. The zero-order chi connectivity index (χ0) is 17.1. The van der Waals surface area contributed by atoms with Crippen LogP contribution in [0.4, 0.5) is 5.13 Å². The maximum Gasteiger partial charge on any atom is 0.251 e. The summed E-state index contributed by atoms with van der Waals surface area (Å²) in [6.07, 6.45) is 6.04. The summed E-state index contributed by atoms with van der Waals surface area (Å²) >= 11 is 1.65. The molecular weight excluding hydrogens is 334 g/mol. The molecular formula is C18H19N5OS. The van der Waals surface area contributed by atoms with Gasteiger partial charge in [-0.1, -0.05) is 6.07 Å². The fraction of sp³-hybridized carbons (Fsp3) is 0.278. The summed E-state index contributed by atoms with van der Waals surface area (Å²) in [6, 6.07) is 9.28. The van der Waals surface area contributed by atoms with Crippen LogP contribution >= 0.6 is 11.3 Å². The third-order valence-electron chi connectivity index (χ3n) is 4.22. The van der Waals surface area contributed by atoms with E-state index in [-0.39, 0.29) is 5.91 Å². The van der Waals surface area contributed by atoms with Crippen LogP contribution in [0.3, 0.4) is 0 Å². The molecule has 4 rings (SSSR count). The number of anilines is 1. The molecule has 128 valence electrons. The molecule has 1 amide bonds. The molecule has 3 heterocycles.